The summed E-state index contributed by atoms with van der Waals surface area (Å²) in [6.07, 6.45) is 4.41. The van der Waals surface area contributed by atoms with E-state index < -0.39 is 0 Å². The summed E-state index contributed by atoms with van der Waals surface area (Å²) in [6.45, 7) is 2.79. The summed E-state index contributed by atoms with van der Waals surface area (Å²) in [5.74, 6) is 0.199. The number of fused-ring (bicyclic) bond motifs is 1. The first-order valence-electron chi connectivity index (χ1n) is 8.13. The Kier molecular flexibility index (Phi) is 4.48. The number of rotatable bonds is 4. The highest BCUT2D eigenvalue weighted by atomic mass is 16.5. The molecule has 1 unspecified atom stereocenters. The third-order valence-corrected chi connectivity index (χ3v) is 4.63. The number of ether oxygens (including phenoxy) is 1. The average Bonchev–Trinajstić information content (AvgIpc) is 2.92. The van der Waals surface area contributed by atoms with Gasteiger partial charge < -0.3 is 10.5 Å². The van der Waals surface area contributed by atoms with Crippen molar-refractivity contribution in [3.05, 3.63) is 46.8 Å². The molecule has 0 spiro atoms. The fourth-order valence-electron chi connectivity index (χ4n) is 3.58. The lowest BCUT2D eigenvalue weighted by Crippen LogP contribution is -2.15. The van der Waals surface area contributed by atoms with Crippen LogP contribution in [0.3, 0.4) is 0 Å². The fourth-order valence-corrected chi connectivity index (χ4v) is 3.58. The normalized spacial score (nSPS) is 16.9. The zero-order valence-electron chi connectivity index (χ0n) is 13.7. The van der Waals surface area contributed by atoms with Crippen LogP contribution in [0.15, 0.2) is 24.3 Å². The van der Waals surface area contributed by atoms with Gasteiger partial charge in [-0.05, 0) is 74.9 Å². The number of hydrogen-bond donors (Lipinski definition) is 1. The standard InChI is InChI=1S/C18H23N3O2/c1-12-17-13(10-11-19)4-3-5-16(17)21(20-12)15-8-6-14(7-9-15)18(22)23-2/h6-9,13H,3-5,10-11,19H2,1-2H3. The zero-order chi connectivity index (χ0) is 16.4. The molecule has 1 aliphatic rings. The number of esters is 1. The zero-order valence-corrected chi connectivity index (χ0v) is 13.7. The van der Waals surface area contributed by atoms with E-state index in [2.05, 4.69) is 6.92 Å². The van der Waals surface area contributed by atoms with Crippen LogP contribution >= 0.6 is 0 Å². The molecule has 2 aromatic rings. The minimum Gasteiger partial charge on any atom is -0.465 e. The number of nitrogens with zero attached hydrogens (tertiary/aromatic N) is 2. The van der Waals surface area contributed by atoms with Gasteiger partial charge in [-0.15, -0.1) is 0 Å². The first-order valence-corrected chi connectivity index (χ1v) is 8.13. The Balaban J connectivity index is 1.98. The monoisotopic (exact) mass is 313 g/mol. The molecule has 0 radical (unpaired) electrons. The summed E-state index contributed by atoms with van der Waals surface area (Å²) in [5, 5.41) is 4.75. The van der Waals surface area contributed by atoms with Crippen molar-refractivity contribution < 1.29 is 9.53 Å². The van der Waals surface area contributed by atoms with Gasteiger partial charge in [-0.25, -0.2) is 9.48 Å². The number of aryl methyl sites for hydroxylation is 1. The molecule has 0 saturated carbocycles. The van der Waals surface area contributed by atoms with Crippen molar-refractivity contribution in [1.29, 1.82) is 0 Å². The van der Waals surface area contributed by atoms with Crippen LogP contribution < -0.4 is 5.73 Å². The first kappa shape index (κ1) is 15.7. The highest BCUT2D eigenvalue weighted by Crippen LogP contribution is 2.36. The first-order chi connectivity index (χ1) is 11.2. The molecular formula is C18H23N3O2. The molecule has 0 bridgehead atoms. The minimum absolute atomic E-state index is 0.321. The van der Waals surface area contributed by atoms with E-state index in [1.54, 1.807) is 12.1 Å². The maximum atomic E-state index is 11.6. The van der Waals surface area contributed by atoms with Crippen LogP contribution in [0.5, 0.6) is 0 Å². The van der Waals surface area contributed by atoms with Crippen LogP contribution in [0.4, 0.5) is 0 Å². The van der Waals surface area contributed by atoms with E-state index in [1.165, 1.54) is 31.2 Å². The molecule has 5 nitrogen and oxygen atoms in total. The number of hydrogen-bond acceptors (Lipinski definition) is 4. The van der Waals surface area contributed by atoms with E-state index in [9.17, 15) is 4.79 Å². The second kappa shape index (κ2) is 6.54. The molecule has 1 heterocycles. The Morgan fingerprint density at radius 1 is 1.39 bits per heavy atom. The lowest BCUT2D eigenvalue weighted by molar-refractivity contribution is 0.0601. The molecule has 0 amide bonds. The predicted molar refractivity (Wildman–Crippen MR) is 89.0 cm³/mol. The molecule has 1 aliphatic carbocycles. The third kappa shape index (κ3) is 2.88. The average molecular weight is 313 g/mol. The van der Waals surface area contributed by atoms with Crippen molar-refractivity contribution in [3.63, 3.8) is 0 Å². The maximum absolute atomic E-state index is 11.6. The summed E-state index contributed by atoms with van der Waals surface area (Å²) in [7, 11) is 1.39. The summed E-state index contributed by atoms with van der Waals surface area (Å²) >= 11 is 0. The molecule has 0 aliphatic heterocycles. The Labute approximate surface area is 136 Å². The van der Waals surface area contributed by atoms with Gasteiger partial charge in [0.1, 0.15) is 0 Å². The maximum Gasteiger partial charge on any atom is 0.337 e. The Morgan fingerprint density at radius 3 is 2.78 bits per heavy atom. The molecule has 1 atom stereocenters. The van der Waals surface area contributed by atoms with Crippen molar-refractivity contribution in [2.45, 2.75) is 38.5 Å². The van der Waals surface area contributed by atoms with E-state index in [-0.39, 0.29) is 5.97 Å². The Morgan fingerprint density at radius 2 is 2.13 bits per heavy atom. The number of carbonyl (C=O) groups excluding carboxylic acids is 1. The number of benzene rings is 1. The molecular weight excluding hydrogens is 290 g/mol. The summed E-state index contributed by atoms with van der Waals surface area (Å²) < 4.78 is 6.77. The SMILES string of the molecule is COC(=O)c1ccc(-n2nc(C)c3c2CCCC3CCN)cc1. The highest BCUT2D eigenvalue weighted by molar-refractivity contribution is 5.89. The molecule has 23 heavy (non-hydrogen) atoms. The molecule has 3 rings (SSSR count). The molecule has 1 aromatic heterocycles. The van der Waals surface area contributed by atoms with Crippen LogP contribution in [-0.4, -0.2) is 29.4 Å². The van der Waals surface area contributed by atoms with Gasteiger partial charge in [0.2, 0.25) is 0 Å². The van der Waals surface area contributed by atoms with E-state index in [4.69, 9.17) is 15.6 Å². The number of methoxy groups -OCH3 is 1. The van der Waals surface area contributed by atoms with Gasteiger partial charge in [-0.2, -0.15) is 5.10 Å². The van der Waals surface area contributed by atoms with Crippen LogP contribution in [0.1, 0.15) is 52.5 Å². The number of nitrogens with two attached hydrogens (primary N) is 1. The van der Waals surface area contributed by atoms with Crippen LogP contribution in [0.2, 0.25) is 0 Å². The largest absolute Gasteiger partial charge is 0.465 e. The van der Waals surface area contributed by atoms with Gasteiger partial charge in [0.15, 0.2) is 0 Å². The van der Waals surface area contributed by atoms with Crippen molar-refractivity contribution >= 4 is 5.97 Å². The van der Waals surface area contributed by atoms with Crippen molar-refractivity contribution in [3.8, 4) is 5.69 Å². The van der Waals surface area contributed by atoms with E-state index in [0.717, 1.165) is 24.2 Å². The highest BCUT2D eigenvalue weighted by Gasteiger charge is 2.26. The molecule has 122 valence electrons. The molecule has 2 N–H and O–H groups in total. The lowest BCUT2D eigenvalue weighted by atomic mass is 9.83. The van der Waals surface area contributed by atoms with Gasteiger partial charge in [-0.3, -0.25) is 0 Å². The van der Waals surface area contributed by atoms with Gasteiger partial charge in [0.05, 0.1) is 24.1 Å². The van der Waals surface area contributed by atoms with E-state index >= 15 is 0 Å². The van der Waals surface area contributed by atoms with Crippen LogP contribution in [0, 0.1) is 6.92 Å². The third-order valence-electron chi connectivity index (χ3n) is 4.63. The number of carbonyl (C=O) groups is 1. The van der Waals surface area contributed by atoms with Gasteiger partial charge >= 0.3 is 5.97 Å². The quantitative estimate of drug-likeness (QED) is 0.881. The predicted octanol–water partition coefficient (Wildman–Crippen LogP) is 2.74. The van der Waals surface area contributed by atoms with Crippen LogP contribution in [0.25, 0.3) is 5.69 Å². The van der Waals surface area contributed by atoms with Gasteiger partial charge in [0.25, 0.3) is 0 Å². The van der Waals surface area contributed by atoms with E-state index in [0.29, 0.717) is 18.0 Å². The summed E-state index contributed by atoms with van der Waals surface area (Å²) in [5.41, 5.74) is 11.1. The van der Waals surface area contributed by atoms with Crippen LogP contribution in [-0.2, 0) is 11.2 Å². The number of aromatic nitrogens is 2. The van der Waals surface area contributed by atoms with E-state index in [1.807, 2.05) is 16.8 Å². The fraction of sp³-hybridized carbons (Fsp3) is 0.444. The second-order valence-corrected chi connectivity index (χ2v) is 6.06. The van der Waals surface area contributed by atoms with Crippen molar-refractivity contribution in [2.24, 2.45) is 5.73 Å². The lowest BCUT2D eigenvalue weighted by Gasteiger charge is -2.23. The molecule has 0 saturated heterocycles. The topological polar surface area (TPSA) is 70.1 Å². The smallest absolute Gasteiger partial charge is 0.337 e. The van der Waals surface area contributed by atoms with Crippen molar-refractivity contribution in [2.75, 3.05) is 13.7 Å². The Hall–Kier alpha value is -2.14. The minimum atomic E-state index is -0.321. The second-order valence-electron chi connectivity index (χ2n) is 6.06. The molecule has 1 aromatic carbocycles. The van der Waals surface area contributed by atoms with Crippen molar-refractivity contribution in [1.82, 2.24) is 9.78 Å². The van der Waals surface area contributed by atoms with Gasteiger partial charge in [0, 0.05) is 5.69 Å². The molecule has 0 fully saturated rings. The summed E-state index contributed by atoms with van der Waals surface area (Å²) in [6, 6.07) is 7.41. The molecule has 5 heteroatoms. The summed E-state index contributed by atoms with van der Waals surface area (Å²) in [4.78, 5) is 11.6. The van der Waals surface area contributed by atoms with Gasteiger partial charge in [-0.1, -0.05) is 0 Å². The Bertz CT molecular complexity index is 704.